The van der Waals surface area contributed by atoms with Crippen LogP contribution in [0.3, 0.4) is 0 Å². The number of benzene rings is 1. The number of ether oxygens (including phenoxy) is 1. The van der Waals surface area contributed by atoms with Crippen molar-refractivity contribution in [2.45, 2.75) is 6.61 Å². The molecule has 0 fully saturated rings. The summed E-state index contributed by atoms with van der Waals surface area (Å²) < 4.78 is 17.4. The standard InChI is InChI=1S/C11H12FNO4/c1-13(6-10(14)15)11(16)17-7-8-2-4-9(12)5-3-8/h2-5H,6-7H2,1H3,(H,14,15). The van der Waals surface area contributed by atoms with Gasteiger partial charge in [0.2, 0.25) is 0 Å². The van der Waals surface area contributed by atoms with Gasteiger partial charge in [0, 0.05) is 7.05 Å². The summed E-state index contributed by atoms with van der Waals surface area (Å²) in [7, 11) is 1.32. The third kappa shape index (κ3) is 4.50. The van der Waals surface area contributed by atoms with Crippen molar-refractivity contribution in [3.63, 3.8) is 0 Å². The minimum Gasteiger partial charge on any atom is -0.480 e. The summed E-state index contributed by atoms with van der Waals surface area (Å²) in [6.45, 7) is -0.453. The fraction of sp³-hybridized carbons (Fsp3) is 0.273. The fourth-order valence-corrected chi connectivity index (χ4v) is 1.10. The number of aliphatic carboxylic acids is 1. The topological polar surface area (TPSA) is 66.8 Å². The first-order valence-electron chi connectivity index (χ1n) is 4.83. The quantitative estimate of drug-likeness (QED) is 0.867. The summed E-state index contributed by atoms with van der Waals surface area (Å²) in [6.07, 6.45) is -0.739. The van der Waals surface area contributed by atoms with Crippen LogP contribution in [0.15, 0.2) is 24.3 Å². The Bertz CT molecular complexity index is 404. The van der Waals surface area contributed by atoms with E-state index in [1.807, 2.05) is 0 Å². The molecule has 0 saturated heterocycles. The van der Waals surface area contributed by atoms with Gasteiger partial charge in [-0.05, 0) is 17.7 Å². The molecule has 1 N–H and O–H groups in total. The van der Waals surface area contributed by atoms with Gasteiger partial charge in [0.25, 0.3) is 0 Å². The number of halogens is 1. The summed E-state index contributed by atoms with van der Waals surface area (Å²) in [4.78, 5) is 22.6. The van der Waals surface area contributed by atoms with Crippen molar-refractivity contribution in [2.24, 2.45) is 0 Å². The Labute approximate surface area is 97.4 Å². The average molecular weight is 241 g/mol. The zero-order valence-electron chi connectivity index (χ0n) is 9.22. The Morgan fingerprint density at radius 3 is 2.47 bits per heavy atom. The van der Waals surface area contributed by atoms with Crippen LogP contribution in [0.2, 0.25) is 0 Å². The maximum atomic E-state index is 12.6. The summed E-state index contributed by atoms with van der Waals surface area (Å²) in [5.41, 5.74) is 0.628. The molecule has 17 heavy (non-hydrogen) atoms. The number of carbonyl (C=O) groups excluding carboxylic acids is 1. The minimum atomic E-state index is -1.12. The maximum Gasteiger partial charge on any atom is 0.410 e. The van der Waals surface area contributed by atoms with Gasteiger partial charge in [0.05, 0.1) is 0 Å². The molecule has 6 heteroatoms. The van der Waals surface area contributed by atoms with Crippen LogP contribution in [0.25, 0.3) is 0 Å². The highest BCUT2D eigenvalue weighted by Crippen LogP contribution is 2.05. The van der Waals surface area contributed by atoms with E-state index < -0.39 is 18.6 Å². The van der Waals surface area contributed by atoms with E-state index in [-0.39, 0.29) is 12.4 Å². The highest BCUT2D eigenvalue weighted by molar-refractivity contribution is 5.76. The molecule has 0 spiro atoms. The third-order valence-electron chi connectivity index (χ3n) is 1.96. The lowest BCUT2D eigenvalue weighted by molar-refractivity contribution is -0.137. The molecule has 0 aromatic heterocycles. The highest BCUT2D eigenvalue weighted by atomic mass is 19.1. The molecule has 0 atom stereocenters. The number of hydrogen-bond acceptors (Lipinski definition) is 3. The van der Waals surface area contributed by atoms with Crippen LogP contribution in [-0.2, 0) is 16.1 Å². The third-order valence-corrected chi connectivity index (χ3v) is 1.96. The Kier molecular flexibility index (Phi) is 4.45. The first kappa shape index (κ1) is 13.0. The van der Waals surface area contributed by atoms with E-state index in [4.69, 9.17) is 9.84 Å². The van der Waals surface area contributed by atoms with E-state index in [2.05, 4.69) is 0 Å². The molecule has 0 bridgehead atoms. The normalized spacial score (nSPS) is 9.76. The van der Waals surface area contributed by atoms with Crippen molar-refractivity contribution in [1.29, 1.82) is 0 Å². The van der Waals surface area contributed by atoms with Gasteiger partial charge in [-0.15, -0.1) is 0 Å². The zero-order valence-corrected chi connectivity index (χ0v) is 9.22. The van der Waals surface area contributed by atoms with Crippen LogP contribution in [0, 0.1) is 5.82 Å². The molecule has 0 aliphatic heterocycles. The Hall–Kier alpha value is -2.11. The summed E-state index contributed by atoms with van der Waals surface area (Å²) in [6, 6.07) is 5.48. The van der Waals surface area contributed by atoms with Gasteiger partial charge < -0.3 is 14.7 Å². The van der Waals surface area contributed by atoms with Crippen molar-refractivity contribution in [3.8, 4) is 0 Å². The Balaban J connectivity index is 2.42. The van der Waals surface area contributed by atoms with Crippen molar-refractivity contribution in [1.82, 2.24) is 4.90 Å². The van der Waals surface area contributed by atoms with Gasteiger partial charge in [-0.3, -0.25) is 4.79 Å². The predicted molar refractivity (Wildman–Crippen MR) is 56.9 cm³/mol. The second-order valence-corrected chi connectivity index (χ2v) is 3.43. The number of nitrogens with zero attached hydrogens (tertiary/aromatic N) is 1. The largest absolute Gasteiger partial charge is 0.480 e. The fourth-order valence-electron chi connectivity index (χ4n) is 1.10. The molecule has 0 unspecified atom stereocenters. The number of hydrogen-bond donors (Lipinski definition) is 1. The molecule has 1 aromatic rings. The number of carboxylic acids is 1. The lowest BCUT2D eigenvalue weighted by atomic mass is 10.2. The predicted octanol–water partition coefficient (Wildman–Crippen LogP) is 1.48. The number of rotatable bonds is 4. The van der Waals surface area contributed by atoms with E-state index in [9.17, 15) is 14.0 Å². The molecule has 1 rings (SSSR count). The first-order valence-corrected chi connectivity index (χ1v) is 4.83. The molecule has 1 amide bonds. The van der Waals surface area contributed by atoms with E-state index >= 15 is 0 Å². The molecule has 0 heterocycles. The van der Waals surface area contributed by atoms with Crippen LogP contribution in [0.1, 0.15) is 5.56 Å². The molecular weight excluding hydrogens is 229 g/mol. The van der Waals surface area contributed by atoms with Gasteiger partial charge in [-0.1, -0.05) is 12.1 Å². The number of carbonyl (C=O) groups is 2. The van der Waals surface area contributed by atoms with Gasteiger partial charge in [0.15, 0.2) is 0 Å². The zero-order chi connectivity index (χ0) is 12.8. The van der Waals surface area contributed by atoms with Crippen LogP contribution in [0.5, 0.6) is 0 Å². The van der Waals surface area contributed by atoms with Crippen LogP contribution >= 0.6 is 0 Å². The van der Waals surface area contributed by atoms with Crippen LogP contribution in [-0.4, -0.2) is 35.7 Å². The lowest BCUT2D eigenvalue weighted by Crippen LogP contribution is -2.32. The van der Waals surface area contributed by atoms with Crippen molar-refractivity contribution in [3.05, 3.63) is 35.6 Å². The van der Waals surface area contributed by atoms with Crippen LogP contribution in [0.4, 0.5) is 9.18 Å². The average Bonchev–Trinajstić information content (AvgIpc) is 2.27. The van der Waals surface area contributed by atoms with Crippen LogP contribution < -0.4 is 0 Å². The van der Waals surface area contributed by atoms with Crippen molar-refractivity contribution >= 4 is 12.1 Å². The molecule has 0 saturated carbocycles. The van der Waals surface area contributed by atoms with Gasteiger partial charge in [-0.2, -0.15) is 0 Å². The molecule has 92 valence electrons. The molecule has 0 radical (unpaired) electrons. The number of likely N-dealkylation sites (N-methyl/N-ethyl adjacent to an activating group) is 1. The van der Waals surface area contributed by atoms with Gasteiger partial charge in [-0.25, -0.2) is 9.18 Å². The molecular formula is C11H12FNO4. The summed E-state index contributed by atoms with van der Waals surface area (Å²) in [5, 5.41) is 8.46. The minimum absolute atomic E-state index is 0.0247. The summed E-state index contributed by atoms with van der Waals surface area (Å²) >= 11 is 0. The van der Waals surface area contributed by atoms with Crippen molar-refractivity contribution in [2.75, 3.05) is 13.6 Å². The number of carboxylic acid groups (broad SMARTS) is 1. The number of amides is 1. The lowest BCUT2D eigenvalue weighted by Gasteiger charge is -2.14. The van der Waals surface area contributed by atoms with E-state index in [1.165, 1.54) is 31.3 Å². The van der Waals surface area contributed by atoms with E-state index in [1.54, 1.807) is 0 Å². The van der Waals surface area contributed by atoms with E-state index in [0.29, 0.717) is 5.56 Å². The molecule has 1 aromatic carbocycles. The first-order chi connectivity index (χ1) is 7.99. The smallest absolute Gasteiger partial charge is 0.410 e. The molecule has 0 aliphatic rings. The summed E-state index contributed by atoms with van der Waals surface area (Å²) in [5.74, 6) is -1.49. The van der Waals surface area contributed by atoms with E-state index in [0.717, 1.165) is 4.90 Å². The monoisotopic (exact) mass is 241 g/mol. The maximum absolute atomic E-state index is 12.6. The second kappa shape index (κ2) is 5.83. The highest BCUT2D eigenvalue weighted by Gasteiger charge is 2.13. The Morgan fingerprint density at radius 1 is 1.35 bits per heavy atom. The molecule has 5 nitrogen and oxygen atoms in total. The molecule has 0 aliphatic carbocycles. The Morgan fingerprint density at radius 2 is 1.94 bits per heavy atom. The second-order valence-electron chi connectivity index (χ2n) is 3.43. The van der Waals surface area contributed by atoms with Gasteiger partial charge in [0.1, 0.15) is 19.0 Å². The van der Waals surface area contributed by atoms with Crippen molar-refractivity contribution < 1.29 is 23.8 Å². The SMILES string of the molecule is CN(CC(=O)O)C(=O)OCc1ccc(F)cc1. The van der Waals surface area contributed by atoms with Gasteiger partial charge >= 0.3 is 12.1 Å².